The van der Waals surface area contributed by atoms with Gasteiger partial charge in [0.2, 0.25) is 0 Å². The Hall–Kier alpha value is -3.14. The summed E-state index contributed by atoms with van der Waals surface area (Å²) in [5.74, 6) is -0.886. The second kappa shape index (κ2) is 8.99. The normalized spacial score (nSPS) is 10.7. The summed E-state index contributed by atoms with van der Waals surface area (Å²) in [4.78, 5) is 22.5. The molecule has 27 heavy (non-hydrogen) atoms. The van der Waals surface area contributed by atoms with Gasteiger partial charge in [-0.3, -0.25) is 0 Å². The first-order chi connectivity index (χ1) is 12.9. The minimum absolute atomic E-state index is 0.201. The third-order valence-corrected chi connectivity index (χ3v) is 4.39. The van der Waals surface area contributed by atoms with E-state index in [1.807, 2.05) is 48.5 Å². The molecule has 0 fully saturated rings. The summed E-state index contributed by atoms with van der Waals surface area (Å²) in [6.07, 6.45) is 2.30. The molecule has 0 unspecified atom stereocenters. The molecule has 0 radical (unpaired) electrons. The van der Waals surface area contributed by atoms with E-state index < -0.39 is 11.9 Å². The maximum Gasteiger partial charge on any atom is 0.330 e. The van der Waals surface area contributed by atoms with Crippen LogP contribution in [0.1, 0.15) is 36.1 Å². The van der Waals surface area contributed by atoms with Crippen molar-refractivity contribution in [2.75, 3.05) is 0 Å². The molecule has 4 heteroatoms. The number of hydrogen-bond donors (Lipinski definition) is 0. The molecule has 0 amide bonds. The molecule has 140 valence electrons. The Bertz CT molecular complexity index is 779. The van der Waals surface area contributed by atoms with Gasteiger partial charge in [0, 0.05) is 17.6 Å². The highest BCUT2D eigenvalue weighted by Gasteiger charge is 2.23. The van der Waals surface area contributed by atoms with E-state index in [-0.39, 0.29) is 18.6 Å². The Morgan fingerprint density at radius 2 is 1.26 bits per heavy atom. The molecule has 0 aliphatic carbocycles. The Morgan fingerprint density at radius 3 is 1.63 bits per heavy atom. The first-order valence-electron chi connectivity index (χ1n) is 8.64. The van der Waals surface area contributed by atoms with Crippen LogP contribution in [0.4, 0.5) is 0 Å². The molecule has 0 spiro atoms. The Morgan fingerprint density at radius 1 is 0.852 bits per heavy atom. The molecule has 0 saturated heterocycles. The molecular weight excluding hydrogens is 340 g/mol. The Kier molecular flexibility index (Phi) is 6.72. The number of rotatable bonds is 8. The predicted octanol–water partition coefficient (Wildman–Crippen LogP) is 4.47. The lowest BCUT2D eigenvalue weighted by atomic mass is 9.77. The molecule has 0 bridgehead atoms. The molecule has 0 saturated carbocycles. The van der Waals surface area contributed by atoms with Crippen molar-refractivity contribution >= 4 is 11.9 Å². The van der Waals surface area contributed by atoms with E-state index >= 15 is 0 Å². The highest BCUT2D eigenvalue weighted by molar-refractivity contribution is 5.81. The smallest absolute Gasteiger partial charge is 0.330 e. The summed E-state index contributed by atoms with van der Waals surface area (Å²) in [5.41, 5.74) is 3.72. The maximum atomic E-state index is 11.3. The molecule has 0 aliphatic rings. The summed E-state index contributed by atoms with van der Waals surface area (Å²) in [6.45, 7) is 11.4. The largest absolute Gasteiger partial charge is 0.458 e. The van der Waals surface area contributed by atoms with Gasteiger partial charge in [-0.1, -0.05) is 75.5 Å². The van der Waals surface area contributed by atoms with E-state index in [1.54, 1.807) is 0 Å². The van der Waals surface area contributed by atoms with Gasteiger partial charge >= 0.3 is 11.9 Å². The molecule has 0 aromatic heterocycles. The van der Waals surface area contributed by atoms with Gasteiger partial charge in [-0.05, 0) is 22.3 Å². The molecule has 4 nitrogen and oxygen atoms in total. The molecule has 2 aromatic rings. The van der Waals surface area contributed by atoms with Crippen LogP contribution in [0, 0.1) is 0 Å². The van der Waals surface area contributed by atoms with E-state index in [0.29, 0.717) is 0 Å². The van der Waals surface area contributed by atoms with Crippen LogP contribution in [0.2, 0.25) is 0 Å². The van der Waals surface area contributed by atoms with Crippen molar-refractivity contribution in [3.8, 4) is 0 Å². The fourth-order valence-corrected chi connectivity index (χ4v) is 2.69. The van der Waals surface area contributed by atoms with Crippen LogP contribution < -0.4 is 0 Å². The lowest BCUT2D eigenvalue weighted by Gasteiger charge is -2.27. The summed E-state index contributed by atoms with van der Waals surface area (Å²) >= 11 is 0. The number of ether oxygens (including phenoxy) is 2. The van der Waals surface area contributed by atoms with Crippen molar-refractivity contribution < 1.29 is 19.1 Å². The number of esters is 2. The lowest BCUT2D eigenvalue weighted by Crippen LogP contribution is -2.19. The second-order valence-corrected chi connectivity index (χ2v) is 6.65. The van der Waals surface area contributed by atoms with E-state index in [4.69, 9.17) is 9.47 Å². The van der Waals surface area contributed by atoms with Crippen LogP contribution in [0.5, 0.6) is 0 Å². The van der Waals surface area contributed by atoms with Crippen molar-refractivity contribution in [3.05, 3.63) is 96.1 Å². The van der Waals surface area contributed by atoms with E-state index in [9.17, 15) is 9.59 Å². The third-order valence-electron chi connectivity index (χ3n) is 4.39. The van der Waals surface area contributed by atoms with E-state index in [1.165, 1.54) is 0 Å². The van der Waals surface area contributed by atoms with Gasteiger partial charge in [-0.25, -0.2) is 9.59 Å². The summed E-state index contributed by atoms with van der Waals surface area (Å²) in [6, 6.07) is 15.9. The first kappa shape index (κ1) is 20.2. The monoisotopic (exact) mass is 364 g/mol. The quantitative estimate of drug-likeness (QED) is 0.512. The molecule has 2 aromatic carbocycles. The first-order valence-corrected chi connectivity index (χ1v) is 8.64. The van der Waals surface area contributed by atoms with Gasteiger partial charge in [0.1, 0.15) is 13.2 Å². The van der Waals surface area contributed by atoms with Crippen molar-refractivity contribution in [2.24, 2.45) is 0 Å². The average Bonchev–Trinajstić information content (AvgIpc) is 2.70. The minimum Gasteiger partial charge on any atom is -0.458 e. The SMILES string of the molecule is C=CC(=O)OCc1cccc(C(C)(C)c2cccc(COC(=O)C=C)c2)c1. The molecular formula is C23H24O4. The van der Waals surface area contributed by atoms with Crippen LogP contribution in [-0.4, -0.2) is 11.9 Å². The Balaban J connectivity index is 2.22. The number of carbonyl (C=O) groups excluding carboxylic acids is 2. The topological polar surface area (TPSA) is 52.6 Å². The maximum absolute atomic E-state index is 11.3. The van der Waals surface area contributed by atoms with Crippen LogP contribution in [-0.2, 0) is 37.7 Å². The van der Waals surface area contributed by atoms with Gasteiger partial charge in [-0.2, -0.15) is 0 Å². The Labute approximate surface area is 160 Å². The highest BCUT2D eigenvalue weighted by atomic mass is 16.5. The molecule has 0 atom stereocenters. The molecule has 0 heterocycles. The van der Waals surface area contributed by atoms with Crippen LogP contribution in [0.15, 0.2) is 73.8 Å². The summed E-state index contributed by atoms with van der Waals surface area (Å²) in [7, 11) is 0. The van der Waals surface area contributed by atoms with Gasteiger partial charge in [0.05, 0.1) is 0 Å². The predicted molar refractivity (Wildman–Crippen MR) is 105 cm³/mol. The van der Waals surface area contributed by atoms with Crippen molar-refractivity contribution in [1.82, 2.24) is 0 Å². The van der Waals surface area contributed by atoms with Crippen LogP contribution >= 0.6 is 0 Å². The highest BCUT2D eigenvalue weighted by Crippen LogP contribution is 2.32. The van der Waals surface area contributed by atoms with Gasteiger partial charge in [0.25, 0.3) is 0 Å². The fourth-order valence-electron chi connectivity index (χ4n) is 2.69. The van der Waals surface area contributed by atoms with Crippen LogP contribution in [0.25, 0.3) is 0 Å². The van der Waals surface area contributed by atoms with Gasteiger partial charge in [0.15, 0.2) is 0 Å². The molecule has 2 rings (SSSR count). The van der Waals surface area contributed by atoms with Crippen molar-refractivity contribution in [3.63, 3.8) is 0 Å². The van der Waals surface area contributed by atoms with Gasteiger partial charge < -0.3 is 9.47 Å². The van der Waals surface area contributed by atoms with E-state index in [0.717, 1.165) is 34.4 Å². The minimum atomic E-state index is -0.443. The fraction of sp³-hybridized carbons (Fsp3) is 0.217. The zero-order chi connectivity index (χ0) is 19.9. The standard InChI is InChI=1S/C23H24O4/c1-5-21(24)26-15-17-9-7-11-19(13-17)23(3,4)20-12-8-10-18(14-20)16-27-22(25)6-2/h5-14H,1-2,15-16H2,3-4H3. The summed E-state index contributed by atoms with van der Waals surface area (Å²) in [5, 5.41) is 0. The summed E-state index contributed by atoms with van der Waals surface area (Å²) < 4.78 is 10.2. The average molecular weight is 364 g/mol. The van der Waals surface area contributed by atoms with Crippen molar-refractivity contribution in [1.29, 1.82) is 0 Å². The molecule has 0 N–H and O–H groups in total. The number of benzene rings is 2. The van der Waals surface area contributed by atoms with Gasteiger partial charge in [-0.15, -0.1) is 0 Å². The van der Waals surface area contributed by atoms with Crippen LogP contribution in [0.3, 0.4) is 0 Å². The zero-order valence-corrected chi connectivity index (χ0v) is 15.7. The number of hydrogen-bond acceptors (Lipinski definition) is 4. The second-order valence-electron chi connectivity index (χ2n) is 6.65. The third kappa shape index (κ3) is 5.42. The molecule has 0 aliphatic heterocycles. The van der Waals surface area contributed by atoms with E-state index in [2.05, 4.69) is 27.0 Å². The van der Waals surface area contributed by atoms with Crippen molar-refractivity contribution in [2.45, 2.75) is 32.5 Å². The zero-order valence-electron chi connectivity index (χ0n) is 15.7. The lowest BCUT2D eigenvalue weighted by molar-refractivity contribution is -0.139. The number of carbonyl (C=O) groups is 2.